The number of halogens is 2. The summed E-state index contributed by atoms with van der Waals surface area (Å²) in [5, 5.41) is 3.91. The lowest BCUT2D eigenvalue weighted by Gasteiger charge is -2.31. The van der Waals surface area contributed by atoms with Crippen LogP contribution in [-0.2, 0) is 26.5 Å². The molecule has 3 amide bonds. The molecule has 3 aromatic carbocycles. The van der Waals surface area contributed by atoms with Gasteiger partial charge in [-0.15, -0.1) is 0 Å². The molecule has 0 radical (unpaired) electrons. The molecule has 0 aliphatic carbocycles. The van der Waals surface area contributed by atoms with E-state index in [0.29, 0.717) is 33.9 Å². The highest BCUT2D eigenvalue weighted by molar-refractivity contribution is 6.31. The number of imide groups is 1. The van der Waals surface area contributed by atoms with Crippen LogP contribution in [0.25, 0.3) is 0 Å². The van der Waals surface area contributed by atoms with E-state index in [-0.39, 0.29) is 24.3 Å². The highest BCUT2D eigenvalue weighted by Gasteiger charge is 2.71. The summed E-state index contributed by atoms with van der Waals surface area (Å²) in [6.45, 7) is 4.11. The van der Waals surface area contributed by atoms with Crippen LogP contribution in [0.15, 0.2) is 72.8 Å². The monoisotopic (exact) mass is 531 g/mol. The molecule has 3 aliphatic heterocycles. The molecule has 194 valence electrons. The lowest BCUT2D eigenvalue weighted by molar-refractivity contribution is -0.132. The zero-order valence-electron chi connectivity index (χ0n) is 21.0. The number of anilines is 2. The van der Waals surface area contributed by atoms with Gasteiger partial charge in [0.1, 0.15) is 11.4 Å². The van der Waals surface area contributed by atoms with Crippen LogP contribution in [0, 0.1) is 23.6 Å². The van der Waals surface area contributed by atoms with Crippen molar-refractivity contribution < 1.29 is 18.8 Å². The summed E-state index contributed by atoms with van der Waals surface area (Å²) in [4.78, 5) is 45.3. The van der Waals surface area contributed by atoms with Crippen molar-refractivity contribution in [3.63, 3.8) is 0 Å². The van der Waals surface area contributed by atoms with Crippen LogP contribution in [-0.4, -0.2) is 23.8 Å². The van der Waals surface area contributed by atoms with Crippen molar-refractivity contribution in [3.8, 4) is 0 Å². The molecule has 38 heavy (non-hydrogen) atoms. The van der Waals surface area contributed by atoms with Crippen LogP contribution in [0.2, 0.25) is 5.02 Å². The third-order valence-electron chi connectivity index (χ3n) is 7.94. The van der Waals surface area contributed by atoms with Gasteiger partial charge < -0.3 is 4.90 Å². The molecule has 2 fully saturated rings. The number of amides is 3. The van der Waals surface area contributed by atoms with Crippen molar-refractivity contribution in [2.75, 3.05) is 9.80 Å². The first-order chi connectivity index (χ1) is 18.2. The molecule has 0 unspecified atom stereocenters. The molecular formula is C30H27ClFN3O3. The second-order valence-corrected chi connectivity index (χ2v) is 11.1. The van der Waals surface area contributed by atoms with Gasteiger partial charge in [-0.3, -0.25) is 19.7 Å². The molecule has 8 heteroatoms. The lowest BCUT2D eigenvalue weighted by atomic mass is 9.76. The average molecular weight is 532 g/mol. The number of fused-ring (bicyclic) bond motifs is 4. The Kier molecular flexibility index (Phi) is 5.89. The second kappa shape index (κ2) is 9.03. The van der Waals surface area contributed by atoms with Gasteiger partial charge in [0.25, 0.3) is 5.91 Å². The van der Waals surface area contributed by atoms with Gasteiger partial charge >= 0.3 is 0 Å². The number of nitrogens with one attached hydrogen (secondary N) is 1. The summed E-state index contributed by atoms with van der Waals surface area (Å²) >= 11 is 6.20. The van der Waals surface area contributed by atoms with Crippen molar-refractivity contribution in [2.24, 2.45) is 17.8 Å². The fourth-order valence-corrected chi connectivity index (χ4v) is 6.67. The summed E-state index contributed by atoms with van der Waals surface area (Å²) < 4.78 is 14.7. The van der Waals surface area contributed by atoms with E-state index in [1.54, 1.807) is 42.5 Å². The third kappa shape index (κ3) is 3.52. The maximum Gasteiger partial charge on any atom is 0.253 e. The molecule has 3 heterocycles. The minimum Gasteiger partial charge on any atom is -0.306 e. The van der Waals surface area contributed by atoms with Crippen LogP contribution < -0.4 is 15.1 Å². The van der Waals surface area contributed by atoms with Gasteiger partial charge in [0.2, 0.25) is 11.8 Å². The molecule has 3 aliphatic rings. The summed E-state index contributed by atoms with van der Waals surface area (Å²) in [7, 11) is 0. The fraction of sp³-hybridized carbons (Fsp3) is 0.300. The summed E-state index contributed by atoms with van der Waals surface area (Å²) in [5.74, 6) is -2.99. The zero-order chi connectivity index (χ0) is 26.8. The Labute approximate surface area is 225 Å². The first-order valence-electron chi connectivity index (χ1n) is 12.8. The van der Waals surface area contributed by atoms with E-state index in [9.17, 15) is 18.8 Å². The number of hydrogen-bond acceptors (Lipinski definition) is 4. The van der Waals surface area contributed by atoms with Crippen molar-refractivity contribution >= 4 is 40.7 Å². The first-order valence-corrected chi connectivity index (χ1v) is 13.2. The normalized spacial score (nSPS) is 26.1. The molecular weight excluding hydrogens is 505 g/mol. The Morgan fingerprint density at radius 1 is 0.974 bits per heavy atom. The highest BCUT2D eigenvalue weighted by Crippen LogP contribution is 2.56. The number of benzene rings is 3. The summed E-state index contributed by atoms with van der Waals surface area (Å²) in [6.07, 6.45) is 0.605. The molecule has 6 rings (SSSR count). The van der Waals surface area contributed by atoms with Gasteiger partial charge in [-0.1, -0.05) is 67.9 Å². The molecule has 0 bridgehead atoms. The van der Waals surface area contributed by atoms with Crippen LogP contribution in [0.1, 0.15) is 31.4 Å². The molecule has 1 N–H and O–H groups in total. The quantitative estimate of drug-likeness (QED) is 0.468. The lowest BCUT2D eigenvalue weighted by Crippen LogP contribution is -2.55. The van der Waals surface area contributed by atoms with Crippen molar-refractivity contribution in [2.45, 2.75) is 38.4 Å². The maximum absolute atomic E-state index is 14.7. The topological polar surface area (TPSA) is 69.7 Å². The van der Waals surface area contributed by atoms with Gasteiger partial charge in [-0.2, -0.15) is 0 Å². The van der Waals surface area contributed by atoms with Crippen LogP contribution >= 0.6 is 11.6 Å². The second-order valence-electron chi connectivity index (χ2n) is 10.7. The van der Waals surface area contributed by atoms with Gasteiger partial charge in [0, 0.05) is 27.9 Å². The Morgan fingerprint density at radius 2 is 1.71 bits per heavy atom. The highest BCUT2D eigenvalue weighted by atomic mass is 35.5. The third-order valence-corrected chi connectivity index (χ3v) is 8.18. The molecule has 0 saturated carbocycles. The van der Waals surface area contributed by atoms with E-state index in [2.05, 4.69) is 5.32 Å². The molecule has 2 saturated heterocycles. The number of nitrogens with zero attached hydrogens (tertiary/aromatic N) is 2. The van der Waals surface area contributed by atoms with E-state index < -0.39 is 35.1 Å². The van der Waals surface area contributed by atoms with E-state index in [4.69, 9.17) is 11.6 Å². The molecule has 3 aromatic rings. The smallest absolute Gasteiger partial charge is 0.253 e. The molecule has 6 nitrogen and oxygen atoms in total. The van der Waals surface area contributed by atoms with Crippen LogP contribution in [0.5, 0.6) is 0 Å². The van der Waals surface area contributed by atoms with E-state index >= 15 is 0 Å². The summed E-state index contributed by atoms with van der Waals surface area (Å²) in [6, 6.07) is 19.9. The van der Waals surface area contributed by atoms with Gasteiger partial charge in [-0.05, 0) is 42.7 Å². The maximum atomic E-state index is 14.7. The molecule has 1 spiro atoms. The van der Waals surface area contributed by atoms with E-state index in [1.165, 1.54) is 15.9 Å². The number of para-hydroxylation sites is 1. The minimum absolute atomic E-state index is 0.0122. The SMILES string of the molecule is CC(C)C[C@@H]1N[C@]2(C(=O)N(Cc3ccccc3F)c3ccccc32)[C@H]2C(=O)N(c3cccc(Cl)c3)C(=O)[C@@H]12. The van der Waals surface area contributed by atoms with Gasteiger partial charge in [0.15, 0.2) is 0 Å². The van der Waals surface area contributed by atoms with Crippen molar-refractivity contribution in [1.29, 1.82) is 0 Å². The van der Waals surface area contributed by atoms with Crippen LogP contribution in [0.4, 0.5) is 15.8 Å². The van der Waals surface area contributed by atoms with Gasteiger partial charge in [0.05, 0.1) is 24.1 Å². The molecule has 4 atom stereocenters. The van der Waals surface area contributed by atoms with Crippen molar-refractivity contribution in [3.05, 3.63) is 94.8 Å². The minimum atomic E-state index is -1.44. The van der Waals surface area contributed by atoms with E-state index in [0.717, 1.165) is 0 Å². The number of carbonyl (C=O) groups excluding carboxylic acids is 3. The average Bonchev–Trinajstić information content (AvgIpc) is 3.44. The Hall–Kier alpha value is -3.55. The predicted octanol–water partition coefficient (Wildman–Crippen LogP) is 5.04. The van der Waals surface area contributed by atoms with Crippen molar-refractivity contribution in [1.82, 2.24) is 5.32 Å². The Morgan fingerprint density at radius 3 is 2.45 bits per heavy atom. The first kappa shape index (κ1) is 24.8. The largest absolute Gasteiger partial charge is 0.306 e. The van der Waals surface area contributed by atoms with Crippen LogP contribution in [0.3, 0.4) is 0 Å². The summed E-state index contributed by atoms with van der Waals surface area (Å²) in [5.41, 5.74) is 0.569. The predicted molar refractivity (Wildman–Crippen MR) is 143 cm³/mol. The zero-order valence-corrected chi connectivity index (χ0v) is 21.8. The number of rotatable bonds is 5. The number of hydrogen-bond donors (Lipinski definition) is 1. The standard InChI is InChI=1S/C30H27ClFN3O3/c1-17(2)14-23-25-26(28(37)35(27(25)36)20-10-7-9-19(31)15-20)30(33-23)21-11-4-6-13-24(21)34(29(30)38)16-18-8-3-5-12-22(18)32/h3-13,15,17,23,25-26,33H,14,16H2,1-2H3/t23-,25-,26+,30-/m0/s1. The van der Waals surface area contributed by atoms with Gasteiger partial charge in [-0.25, -0.2) is 9.29 Å². The Balaban J connectivity index is 1.50. The van der Waals surface area contributed by atoms with E-state index in [1.807, 2.05) is 38.1 Å². The molecule has 0 aromatic heterocycles. The Bertz CT molecular complexity index is 1480. The fourth-order valence-electron chi connectivity index (χ4n) is 6.48. The number of carbonyl (C=O) groups is 3.